The molecule has 2 aromatic rings. The van der Waals surface area contributed by atoms with Crippen LogP contribution in [0.1, 0.15) is 5.56 Å². The largest absolute Gasteiger partial charge is 0.244 e. The van der Waals surface area contributed by atoms with E-state index in [-0.39, 0.29) is 35.1 Å². The van der Waals surface area contributed by atoms with Gasteiger partial charge in [0.1, 0.15) is 0 Å². The lowest BCUT2D eigenvalue weighted by molar-refractivity contribution is 0.429. The second-order valence-electron chi connectivity index (χ2n) is 6.04. The zero-order valence-electron chi connectivity index (χ0n) is 14.3. The third-order valence-corrected chi connectivity index (χ3v) is 9.22. The molecule has 2 aromatic carbocycles. The van der Waals surface area contributed by atoms with Crippen LogP contribution in [0.3, 0.4) is 0 Å². The average Bonchev–Trinajstić information content (AvgIpc) is 2.60. The van der Waals surface area contributed by atoms with Crippen LogP contribution in [0.25, 0.3) is 0 Å². The van der Waals surface area contributed by atoms with E-state index in [0.29, 0.717) is 19.8 Å². The molecule has 0 N–H and O–H groups in total. The Morgan fingerprint density at radius 3 is 2.21 bits per heavy atom. The van der Waals surface area contributed by atoms with Crippen LogP contribution in [0, 0.1) is 11.3 Å². The van der Waals surface area contributed by atoms with Crippen molar-refractivity contribution in [1.29, 1.82) is 5.26 Å². The molecule has 6 nitrogen and oxygen atoms in total. The molecule has 1 aliphatic heterocycles. The fourth-order valence-corrected chi connectivity index (χ4v) is 7.64. The van der Waals surface area contributed by atoms with Crippen molar-refractivity contribution in [2.75, 3.05) is 24.6 Å². The molecule has 3 rings (SSSR count). The van der Waals surface area contributed by atoms with Gasteiger partial charge in [0.2, 0.25) is 10.0 Å². The number of hydrogen-bond acceptors (Lipinski definition) is 6. The zero-order chi connectivity index (χ0) is 20.5. The highest BCUT2D eigenvalue weighted by Gasteiger charge is 2.33. The fourth-order valence-electron chi connectivity index (χ4n) is 2.65. The third-order valence-electron chi connectivity index (χ3n) is 4.06. The first-order chi connectivity index (χ1) is 13.1. The van der Waals surface area contributed by atoms with Crippen LogP contribution in [0.2, 0.25) is 10.0 Å². The third kappa shape index (κ3) is 4.82. The van der Waals surface area contributed by atoms with Crippen LogP contribution in [-0.2, 0) is 19.9 Å². The molecule has 0 atom stereocenters. The summed E-state index contributed by atoms with van der Waals surface area (Å²) in [5.74, 6) is -0.451. The number of hydrogen-bond donors (Lipinski definition) is 0. The fraction of sp³-hybridized carbons (Fsp3) is 0.235. The van der Waals surface area contributed by atoms with E-state index in [1.807, 2.05) is 6.07 Å². The summed E-state index contributed by atoms with van der Waals surface area (Å²) in [7, 11) is -7.22. The van der Waals surface area contributed by atoms with Gasteiger partial charge < -0.3 is 0 Å². The normalized spacial score (nSPS) is 17.2. The first kappa shape index (κ1) is 21.4. The molecule has 11 heteroatoms. The summed E-state index contributed by atoms with van der Waals surface area (Å²) in [5.41, 5.74) is 0.191. The van der Waals surface area contributed by atoms with Gasteiger partial charge in [-0.25, -0.2) is 16.8 Å². The molecule has 1 heterocycles. The molecule has 1 saturated heterocycles. The summed E-state index contributed by atoms with van der Waals surface area (Å²) in [6, 6.07) is 11.2. The van der Waals surface area contributed by atoms with Gasteiger partial charge in [0.05, 0.1) is 28.0 Å². The number of nitrogens with zero attached hydrogens (tertiary/aromatic N) is 2. The molecule has 148 valence electrons. The smallest absolute Gasteiger partial charge is 0.229 e. The lowest BCUT2D eigenvalue weighted by Gasteiger charge is -2.26. The molecule has 0 radical (unpaired) electrons. The molecule has 0 aliphatic carbocycles. The van der Waals surface area contributed by atoms with Crippen LogP contribution < -0.4 is 0 Å². The van der Waals surface area contributed by atoms with Crippen molar-refractivity contribution in [3.8, 4) is 6.07 Å². The molecule has 0 aromatic heterocycles. The maximum atomic E-state index is 13.2. The van der Waals surface area contributed by atoms with Gasteiger partial charge in [-0.3, -0.25) is 0 Å². The Bertz CT molecular complexity index is 1140. The van der Waals surface area contributed by atoms with Crippen molar-refractivity contribution in [3.63, 3.8) is 0 Å². The minimum atomic E-state index is -3.98. The van der Waals surface area contributed by atoms with Gasteiger partial charge in [0, 0.05) is 32.9 Å². The van der Waals surface area contributed by atoms with Crippen LogP contribution in [-0.4, -0.2) is 45.7 Å². The lowest BCUT2D eigenvalue weighted by atomic mass is 10.2. The molecule has 1 aliphatic rings. The van der Waals surface area contributed by atoms with E-state index < -0.39 is 19.9 Å². The van der Waals surface area contributed by atoms with Gasteiger partial charge in [0.15, 0.2) is 9.84 Å². The van der Waals surface area contributed by atoms with Crippen molar-refractivity contribution >= 4 is 54.8 Å². The van der Waals surface area contributed by atoms with Crippen molar-refractivity contribution in [1.82, 2.24) is 4.31 Å². The van der Waals surface area contributed by atoms with E-state index in [9.17, 15) is 22.1 Å². The summed E-state index contributed by atoms with van der Waals surface area (Å²) in [5, 5.41) is 10.0. The van der Waals surface area contributed by atoms with Crippen LogP contribution in [0.5, 0.6) is 0 Å². The van der Waals surface area contributed by atoms with Gasteiger partial charge in [-0.15, -0.1) is 0 Å². The van der Waals surface area contributed by atoms with Gasteiger partial charge in [0.25, 0.3) is 0 Å². The van der Waals surface area contributed by atoms with Crippen LogP contribution >= 0.6 is 35.0 Å². The molecule has 1 fully saturated rings. The number of nitriles is 1. The first-order valence-electron chi connectivity index (χ1n) is 7.99. The van der Waals surface area contributed by atoms with E-state index in [1.54, 1.807) is 24.3 Å². The highest BCUT2D eigenvalue weighted by Crippen LogP contribution is 2.37. The Kier molecular flexibility index (Phi) is 6.29. The molecule has 28 heavy (non-hydrogen) atoms. The topological polar surface area (TPSA) is 95.3 Å². The van der Waals surface area contributed by atoms with Crippen molar-refractivity contribution in [3.05, 3.63) is 52.0 Å². The molecule has 0 saturated carbocycles. The Morgan fingerprint density at radius 2 is 1.64 bits per heavy atom. The summed E-state index contributed by atoms with van der Waals surface area (Å²) < 4.78 is 50.8. The molecule has 0 amide bonds. The molecular weight excluding hydrogens is 463 g/mol. The number of rotatable bonds is 4. The van der Waals surface area contributed by atoms with Crippen LogP contribution in [0.4, 0.5) is 0 Å². The predicted octanol–water partition coefficient (Wildman–Crippen LogP) is 3.44. The Morgan fingerprint density at radius 1 is 1.04 bits per heavy atom. The number of benzene rings is 2. The van der Waals surface area contributed by atoms with E-state index in [0.717, 1.165) is 16.1 Å². The van der Waals surface area contributed by atoms with Gasteiger partial charge in [-0.2, -0.15) is 9.57 Å². The number of halogens is 2. The molecule has 0 spiro atoms. The Hall–Kier alpha value is -1.28. The highest BCUT2D eigenvalue weighted by atomic mass is 35.5. The van der Waals surface area contributed by atoms with E-state index in [2.05, 4.69) is 0 Å². The number of sulfonamides is 1. The second kappa shape index (κ2) is 8.22. The predicted molar refractivity (Wildman–Crippen MR) is 109 cm³/mol. The maximum Gasteiger partial charge on any atom is 0.244 e. The molecule has 0 unspecified atom stereocenters. The number of sulfone groups is 1. The zero-order valence-corrected chi connectivity index (χ0v) is 18.3. The van der Waals surface area contributed by atoms with E-state index in [4.69, 9.17) is 23.2 Å². The Balaban J connectivity index is 2.02. The van der Waals surface area contributed by atoms with Crippen molar-refractivity contribution in [2.24, 2.45) is 0 Å². The highest BCUT2D eigenvalue weighted by molar-refractivity contribution is 8.00. The molecule has 0 bridgehead atoms. The van der Waals surface area contributed by atoms with Crippen molar-refractivity contribution in [2.45, 2.75) is 14.7 Å². The van der Waals surface area contributed by atoms with E-state index >= 15 is 0 Å². The Labute approximate surface area is 178 Å². The van der Waals surface area contributed by atoms with Gasteiger partial charge in [-0.1, -0.05) is 35.0 Å². The summed E-state index contributed by atoms with van der Waals surface area (Å²) in [6.45, 7) is -0.233. The lowest BCUT2D eigenvalue weighted by Crippen LogP contribution is -2.43. The summed E-state index contributed by atoms with van der Waals surface area (Å²) >= 11 is 13.2. The van der Waals surface area contributed by atoms with E-state index in [1.165, 1.54) is 12.1 Å². The summed E-state index contributed by atoms with van der Waals surface area (Å²) in [4.78, 5) is 0.984. The van der Waals surface area contributed by atoms with Gasteiger partial charge in [-0.05, 0) is 36.4 Å². The minimum Gasteiger partial charge on any atom is -0.229 e. The SMILES string of the molecule is N#Cc1ccc(Sc2cc(Cl)cc(Cl)c2)c(S(=O)(=O)N2CCS(=O)(=O)CC2)c1. The van der Waals surface area contributed by atoms with Crippen LogP contribution in [0.15, 0.2) is 51.1 Å². The average molecular weight is 477 g/mol. The monoisotopic (exact) mass is 476 g/mol. The summed E-state index contributed by atoms with van der Waals surface area (Å²) in [6.07, 6.45) is 0. The first-order valence-corrected chi connectivity index (χ1v) is 12.8. The molecular formula is C17H14Cl2N2O4S3. The van der Waals surface area contributed by atoms with Crippen molar-refractivity contribution < 1.29 is 16.8 Å². The minimum absolute atomic E-state index is 0.0491. The maximum absolute atomic E-state index is 13.2. The quantitative estimate of drug-likeness (QED) is 0.670. The second-order valence-corrected chi connectivity index (χ2v) is 12.2. The standard InChI is InChI=1S/C17H14Cl2N2O4S3/c18-13-8-14(19)10-15(9-13)26-16-2-1-12(11-20)7-17(16)28(24,25)21-3-5-27(22,23)6-4-21/h1-2,7-10H,3-6H2. The van der Waals surface area contributed by atoms with Gasteiger partial charge >= 0.3 is 0 Å².